The fourth-order valence-corrected chi connectivity index (χ4v) is 3.34. The minimum absolute atomic E-state index is 0.0853. The maximum Gasteiger partial charge on any atom is 0.104 e. The Balaban J connectivity index is 1.84. The van der Waals surface area contributed by atoms with Crippen molar-refractivity contribution in [2.45, 2.75) is 32.4 Å². The molecule has 1 aliphatic rings. The third-order valence-electron chi connectivity index (χ3n) is 3.66. The number of aliphatic hydroxyl groups is 2. The molecule has 1 unspecified atom stereocenters. The minimum Gasteiger partial charge on any atom is -0.393 e. The molecule has 0 bridgehead atoms. The lowest BCUT2D eigenvalue weighted by molar-refractivity contribution is 0.0698. The van der Waals surface area contributed by atoms with Crippen molar-refractivity contribution in [3.05, 3.63) is 21.9 Å². The molecule has 104 valence electrons. The van der Waals surface area contributed by atoms with Gasteiger partial charge in [-0.2, -0.15) is 0 Å². The summed E-state index contributed by atoms with van der Waals surface area (Å²) in [6, 6.07) is 2.11. The van der Waals surface area contributed by atoms with E-state index >= 15 is 0 Å². The normalized spacial score (nSPS) is 18.9. The van der Waals surface area contributed by atoms with E-state index in [4.69, 9.17) is 5.11 Å². The van der Waals surface area contributed by atoms with E-state index in [0.717, 1.165) is 38.0 Å². The molecular weight excluding hydrogens is 258 g/mol. The summed E-state index contributed by atoms with van der Waals surface area (Å²) in [6.07, 6.45) is 1.99. The van der Waals surface area contributed by atoms with Crippen molar-refractivity contribution in [1.29, 1.82) is 0 Å². The van der Waals surface area contributed by atoms with Crippen LogP contribution in [0.4, 0.5) is 0 Å². The smallest absolute Gasteiger partial charge is 0.104 e. The molecule has 19 heavy (non-hydrogen) atoms. The van der Waals surface area contributed by atoms with E-state index in [9.17, 15) is 5.11 Å². The number of piperidine rings is 1. The Labute approximate surface area is 118 Å². The second-order valence-corrected chi connectivity index (χ2v) is 6.11. The Morgan fingerprint density at radius 1 is 1.47 bits per heavy atom. The van der Waals surface area contributed by atoms with E-state index in [0.29, 0.717) is 5.92 Å². The average Bonchev–Trinajstić information content (AvgIpc) is 2.84. The highest BCUT2D eigenvalue weighted by Gasteiger charge is 2.22. The van der Waals surface area contributed by atoms with Gasteiger partial charge in [-0.1, -0.05) is 11.8 Å². The van der Waals surface area contributed by atoms with Crippen LogP contribution in [-0.4, -0.2) is 40.9 Å². The van der Waals surface area contributed by atoms with Crippen LogP contribution in [0.3, 0.4) is 0 Å². The van der Waals surface area contributed by atoms with Crippen molar-refractivity contribution < 1.29 is 10.2 Å². The molecule has 1 aliphatic heterocycles. The first-order chi connectivity index (χ1) is 9.19. The molecule has 4 heteroatoms. The second kappa shape index (κ2) is 7.06. The largest absolute Gasteiger partial charge is 0.393 e. The lowest BCUT2D eigenvalue weighted by Crippen LogP contribution is -2.36. The molecule has 1 aromatic heterocycles. The van der Waals surface area contributed by atoms with Crippen LogP contribution >= 0.6 is 11.3 Å². The van der Waals surface area contributed by atoms with E-state index in [1.54, 1.807) is 11.3 Å². The zero-order valence-electron chi connectivity index (χ0n) is 11.3. The van der Waals surface area contributed by atoms with Gasteiger partial charge >= 0.3 is 0 Å². The molecule has 0 aromatic carbocycles. The quantitative estimate of drug-likeness (QED) is 0.828. The number of hydrogen-bond acceptors (Lipinski definition) is 4. The molecule has 1 atom stereocenters. The van der Waals surface area contributed by atoms with E-state index in [1.807, 2.05) is 12.3 Å². The van der Waals surface area contributed by atoms with Crippen LogP contribution in [0.2, 0.25) is 0 Å². The van der Waals surface area contributed by atoms with E-state index < -0.39 is 0 Å². The second-order valence-electron chi connectivity index (χ2n) is 5.12. The lowest BCUT2D eigenvalue weighted by atomic mass is 9.92. The van der Waals surface area contributed by atoms with Gasteiger partial charge in [-0.3, -0.25) is 4.90 Å². The van der Waals surface area contributed by atoms with Crippen LogP contribution in [0.5, 0.6) is 0 Å². The molecular formula is C15H21NO2S. The summed E-state index contributed by atoms with van der Waals surface area (Å²) in [5.41, 5.74) is 0.993. The molecule has 1 aromatic rings. The molecule has 0 aliphatic carbocycles. The molecule has 2 N–H and O–H groups in total. The Hall–Kier alpha value is -0.860. The molecule has 0 saturated carbocycles. The number of aliphatic hydroxyl groups excluding tert-OH is 2. The molecule has 1 fully saturated rings. The third-order valence-corrected chi connectivity index (χ3v) is 4.58. The van der Waals surface area contributed by atoms with Gasteiger partial charge in [0.15, 0.2) is 0 Å². The van der Waals surface area contributed by atoms with E-state index in [-0.39, 0.29) is 12.7 Å². The molecule has 1 saturated heterocycles. The summed E-state index contributed by atoms with van der Waals surface area (Å²) in [7, 11) is 0. The van der Waals surface area contributed by atoms with Crippen LogP contribution < -0.4 is 0 Å². The van der Waals surface area contributed by atoms with Crippen molar-refractivity contribution in [3.8, 4) is 11.8 Å². The Morgan fingerprint density at radius 2 is 2.21 bits per heavy atom. The van der Waals surface area contributed by atoms with Crippen molar-refractivity contribution in [2.75, 3.05) is 19.7 Å². The van der Waals surface area contributed by atoms with Gasteiger partial charge in [0.05, 0.1) is 6.10 Å². The molecule has 3 nitrogen and oxygen atoms in total. The standard InChI is InChI=1S/C15H21NO2S/c1-12(18)14-4-6-16(7-5-14)10-15-9-13(11-19-15)3-2-8-17/h9,11-12,14,17-18H,4-8,10H2,1H3. The average molecular weight is 279 g/mol. The van der Waals surface area contributed by atoms with Crippen LogP contribution in [0.25, 0.3) is 0 Å². The number of thiophene rings is 1. The zero-order valence-corrected chi connectivity index (χ0v) is 12.1. The Kier molecular flexibility index (Phi) is 5.41. The summed E-state index contributed by atoms with van der Waals surface area (Å²) in [5, 5.41) is 20.3. The predicted molar refractivity (Wildman–Crippen MR) is 78.0 cm³/mol. The summed E-state index contributed by atoms with van der Waals surface area (Å²) < 4.78 is 0. The molecule has 2 heterocycles. The van der Waals surface area contributed by atoms with Crippen LogP contribution in [0.1, 0.15) is 30.2 Å². The fourth-order valence-electron chi connectivity index (χ4n) is 2.48. The third kappa shape index (κ3) is 4.32. The van der Waals surface area contributed by atoms with Crippen LogP contribution in [0.15, 0.2) is 11.4 Å². The molecule has 0 spiro atoms. The number of rotatable bonds is 3. The van der Waals surface area contributed by atoms with Crippen LogP contribution in [-0.2, 0) is 6.54 Å². The van der Waals surface area contributed by atoms with Gasteiger partial charge in [-0.25, -0.2) is 0 Å². The first-order valence-electron chi connectivity index (χ1n) is 6.76. The van der Waals surface area contributed by atoms with E-state index in [1.165, 1.54) is 4.88 Å². The summed E-state index contributed by atoms with van der Waals surface area (Å²) in [5.74, 6) is 6.07. The Bertz CT molecular complexity index is 450. The van der Waals surface area contributed by atoms with Crippen molar-refractivity contribution in [1.82, 2.24) is 4.90 Å². The van der Waals surface area contributed by atoms with Gasteiger partial charge < -0.3 is 10.2 Å². The highest BCUT2D eigenvalue weighted by atomic mass is 32.1. The predicted octanol–water partition coefficient (Wildman–Crippen LogP) is 1.68. The topological polar surface area (TPSA) is 43.7 Å². The fraction of sp³-hybridized carbons (Fsp3) is 0.600. The van der Waals surface area contributed by atoms with Gasteiger partial charge in [0.2, 0.25) is 0 Å². The van der Waals surface area contributed by atoms with Gasteiger partial charge in [-0.05, 0) is 44.8 Å². The first-order valence-corrected chi connectivity index (χ1v) is 7.64. The van der Waals surface area contributed by atoms with Gasteiger partial charge in [0.25, 0.3) is 0 Å². The lowest BCUT2D eigenvalue weighted by Gasteiger charge is -2.32. The highest BCUT2D eigenvalue weighted by molar-refractivity contribution is 7.10. The molecule has 0 amide bonds. The summed E-state index contributed by atoms with van der Waals surface area (Å²) >= 11 is 1.73. The summed E-state index contributed by atoms with van der Waals surface area (Å²) in [4.78, 5) is 3.76. The zero-order chi connectivity index (χ0) is 13.7. The van der Waals surface area contributed by atoms with Gasteiger partial charge in [0.1, 0.15) is 6.61 Å². The van der Waals surface area contributed by atoms with Crippen molar-refractivity contribution in [3.63, 3.8) is 0 Å². The minimum atomic E-state index is -0.177. The van der Waals surface area contributed by atoms with Gasteiger partial charge in [-0.15, -0.1) is 11.3 Å². The van der Waals surface area contributed by atoms with Crippen LogP contribution in [0, 0.1) is 17.8 Å². The van der Waals surface area contributed by atoms with E-state index in [2.05, 4.69) is 22.8 Å². The van der Waals surface area contributed by atoms with Gasteiger partial charge in [0, 0.05) is 22.4 Å². The maximum absolute atomic E-state index is 9.59. The monoisotopic (exact) mass is 279 g/mol. The highest BCUT2D eigenvalue weighted by Crippen LogP contribution is 2.23. The van der Waals surface area contributed by atoms with Crippen molar-refractivity contribution >= 4 is 11.3 Å². The van der Waals surface area contributed by atoms with Crippen molar-refractivity contribution in [2.24, 2.45) is 5.92 Å². The number of likely N-dealkylation sites (tertiary alicyclic amines) is 1. The maximum atomic E-state index is 9.59. The number of nitrogens with zero attached hydrogens (tertiary/aromatic N) is 1. The SMILES string of the molecule is CC(O)C1CCN(Cc2cc(C#CCO)cs2)CC1. The summed E-state index contributed by atoms with van der Waals surface area (Å²) in [6.45, 7) is 4.90. The molecule has 2 rings (SSSR count). The number of hydrogen-bond donors (Lipinski definition) is 2. The first kappa shape index (κ1) is 14.5. The Morgan fingerprint density at radius 3 is 2.84 bits per heavy atom. The molecule has 0 radical (unpaired) electrons.